The molecule has 1 atom stereocenters. The number of amides is 1. The summed E-state index contributed by atoms with van der Waals surface area (Å²) in [6.45, 7) is 1.96. The lowest BCUT2D eigenvalue weighted by atomic mass is 10.1. The summed E-state index contributed by atoms with van der Waals surface area (Å²) in [6.07, 6.45) is 0. The normalized spacial score (nSPS) is 11.9. The van der Waals surface area contributed by atoms with E-state index in [1.165, 1.54) is 0 Å². The summed E-state index contributed by atoms with van der Waals surface area (Å²) >= 11 is 9.18. The number of carbonyl (C=O) groups excluding carboxylic acids is 1. The summed E-state index contributed by atoms with van der Waals surface area (Å²) in [6, 6.07) is 15.2. The average Bonchev–Trinajstić information content (AvgIpc) is 2.47. The van der Waals surface area contributed by atoms with Gasteiger partial charge in [0.15, 0.2) is 0 Å². The molecule has 4 heteroatoms. The molecular weight excluding hydrogens is 338 g/mol. The van der Waals surface area contributed by atoms with E-state index in [1.54, 1.807) is 6.07 Å². The summed E-state index contributed by atoms with van der Waals surface area (Å²) in [5.74, 6) is 0.316. The molecule has 0 spiro atoms. The van der Waals surface area contributed by atoms with Gasteiger partial charge in [0.2, 0.25) is 0 Å². The van der Waals surface area contributed by atoms with Crippen LogP contribution in [0.1, 0.15) is 34.5 Å². The number of nitrogens with one attached hydrogen (secondary N) is 1. The highest BCUT2D eigenvalue weighted by molar-refractivity contribution is 9.10. The number of hydrogen-bond acceptors (Lipinski definition) is 1. The standard InChI is InChI=1S/C16H15BrClNO/c1-11(13-5-7-15(17)8-6-13)19-16(20)14-4-2-3-12(9-14)10-18/h2-9,11H,10H2,1H3,(H,19,20)/t11-/m0/s1. The SMILES string of the molecule is C[C@H](NC(=O)c1cccc(CCl)c1)c1ccc(Br)cc1. The topological polar surface area (TPSA) is 29.1 Å². The molecule has 0 saturated carbocycles. The van der Waals surface area contributed by atoms with Crippen molar-refractivity contribution < 1.29 is 4.79 Å². The molecule has 2 rings (SSSR count). The molecule has 1 amide bonds. The predicted molar refractivity (Wildman–Crippen MR) is 86.0 cm³/mol. The minimum Gasteiger partial charge on any atom is -0.346 e. The van der Waals surface area contributed by atoms with E-state index in [0.717, 1.165) is 15.6 Å². The van der Waals surface area contributed by atoms with Crippen LogP contribution in [0.4, 0.5) is 0 Å². The van der Waals surface area contributed by atoms with Crippen molar-refractivity contribution in [2.75, 3.05) is 0 Å². The maximum Gasteiger partial charge on any atom is 0.251 e. The lowest BCUT2D eigenvalue weighted by Gasteiger charge is -2.14. The first kappa shape index (κ1) is 15.1. The van der Waals surface area contributed by atoms with Gasteiger partial charge in [-0.05, 0) is 42.3 Å². The van der Waals surface area contributed by atoms with Gasteiger partial charge in [-0.3, -0.25) is 4.79 Å². The van der Waals surface area contributed by atoms with Crippen LogP contribution < -0.4 is 5.32 Å². The van der Waals surface area contributed by atoms with E-state index in [-0.39, 0.29) is 11.9 Å². The maximum absolute atomic E-state index is 12.2. The van der Waals surface area contributed by atoms with Crippen LogP contribution in [0.5, 0.6) is 0 Å². The number of alkyl halides is 1. The van der Waals surface area contributed by atoms with Crippen LogP contribution >= 0.6 is 27.5 Å². The Balaban J connectivity index is 2.08. The van der Waals surface area contributed by atoms with Gasteiger partial charge in [0.05, 0.1) is 6.04 Å². The first-order chi connectivity index (χ1) is 9.60. The van der Waals surface area contributed by atoms with E-state index < -0.39 is 0 Å². The van der Waals surface area contributed by atoms with E-state index >= 15 is 0 Å². The van der Waals surface area contributed by atoms with Crippen molar-refractivity contribution in [1.82, 2.24) is 5.32 Å². The number of rotatable bonds is 4. The van der Waals surface area contributed by atoms with Gasteiger partial charge in [-0.1, -0.05) is 40.2 Å². The molecule has 0 fully saturated rings. The van der Waals surface area contributed by atoms with Crippen molar-refractivity contribution in [3.05, 3.63) is 69.7 Å². The smallest absolute Gasteiger partial charge is 0.251 e. The van der Waals surface area contributed by atoms with Crippen molar-refractivity contribution >= 4 is 33.4 Å². The van der Waals surface area contributed by atoms with Crippen molar-refractivity contribution in [2.45, 2.75) is 18.8 Å². The molecule has 0 aliphatic carbocycles. The lowest BCUT2D eigenvalue weighted by molar-refractivity contribution is 0.0940. The largest absolute Gasteiger partial charge is 0.346 e. The van der Waals surface area contributed by atoms with Gasteiger partial charge in [-0.25, -0.2) is 0 Å². The minimum atomic E-state index is -0.0904. The highest BCUT2D eigenvalue weighted by atomic mass is 79.9. The Hall–Kier alpha value is -1.32. The first-order valence-corrected chi connectivity index (χ1v) is 7.64. The highest BCUT2D eigenvalue weighted by Crippen LogP contribution is 2.17. The van der Waals surface area contributed by atoms with E-state index in [2.05, 4.69) is 21.2 Å². The quantitative estimate of drug-likeness (QED) is 0.795. The second-order valence-electron chi connectivity index (χ2n) is 4.58. The molecule has 2 aromatic carbocycles. The molecule has 0 saturated heterocycles. The zero-order valence-electron chi connectivity index (χ0n) is 11.1. The third kappa shape index (κ3) is 3.84. The molecular formula is C16H15BrClNO. The van der Waals surface area contributed by atoms with Gasteiger partial charge in [0.1, 0.15) is 0 Å². The fraction of sp³-hybridized carbons (Fsp3) is 0.188. The molecule has 1 N–H and O–H groups in total. The Morgan fingerprint density at radius 2 is 1.95 bits per heavy atom. The summed E-state index contributed by atoms with van der Waals surface area (Å²) in [4.78, 5) is 12.2. The average molecular weight is 353 g/mol. The fourth-order valence-electron chi connectivity index (χ4n) is 1.91. The molecule has 0 bridgehead atoms. The van der Waals surface area contributed by atoms with Crippen molar-refractivity contribution in [3.63, 3.8) is 0 Å². The van der Waals surface area contributed by atoms with E-state index in [9.17, 15) is 4.79 Å². The maximum atomic E-state index is 12.2. The summed E-state index contributed by atoms with van der Waals surface area (Å²) in [5, 5.41) is 2.99. The molecule has 104 valence electrons. The number of hydrogen-bond donors (Lipinski definition) is 1. The predicted octanol–water partition coefficient (Wildman–Crippen LogP) is 4.68. The van der Waals surface area contributed by atoms with Crippen LogP contribution in [0.15, 0.2) is 53.0 Å². The third-order valence-corrected chi connectivity index (χ3v) is 3.90. The molecule has 0 unspecified atom stereocenters. The van der Waals surface area contributed by atoms with E-state index in [4.69, 9.17) is 11.6 Å². The van der Waals surface area contributed by atoms with Crippen LogP contribution in [-0.2, 0) is 5.88 Å². The number of carbonyl (C=O) groups is 1. The Bertz CT molecular complexity index is 598. The van der Waals surface area contributed by atoms with Gasteiger partial charge < -0.3 is 5.32 Å². The second-order valence-corrected chi connectivity index (χ2v) is 5.76. The first-order valence-electron chi connectivity index (χ1n) is 6.31. The Morgan fingerprint density at radius 1 is 1.25 bits per heavy atom. The monoisotopic (exact) mass is 351 g/mol. The molecule has 0 aromatic heterocycles. The minimum absolute atomic E-state index is 0.0461. The molecule has 0 radical (unpaired) electrons. The van der Waals surface area contributed by atoms with E-state index in [1.807, 2.05) is 49.4 Å². The fourth-order valence-corrected chi connectivity index (χ4v) is 2.34. The third-order valence-electron chi connectivity index (χ3n) is 3.06. The van der Waals surface area contributed by atoms with Crippen molar-refractivity contribution in [3.8, 4) is 0 Å². The van der Waals surface area contributed by atoms with Crippen LogP contribution in [0, 0.1) is 0 Å². The van der Waals surface area contributed by atoms with Gasteiger partial charge >= 0.3 is 0 Å². The molecule has 20 heavy (non-hydrogen) atoms. The molecule has 0 aliphatic rings. The zero-order valence-corrected chi connectivity index (χ0v) is 13.4. The number of benzene rings is 2. The van der Waals surface area contributed by atoms with Crippen molar-refractivity contribution in [1.29, 1.82) is 0 Å². The van der Waals surface area contributed by atoms with Crippen LogP contribution in [-0.4, -0.2) is 5.91 Å². The molecule has 0 aliphatic heterocycles. The van der Waals surface area contributed by atoms with Crippen LogP contribution in [0.2, 0.25) is 0 Å². The van der Waals surface area contributed by atoms with Gasteiger partial charge in [0, 0.05) is 15.9 Å². The van der Waals surface area contributed by atoms with Gasteiger partial charge in [-0.15, -0.1) is 11.6 Å². The summed E-state index contributed by atoms with van der Waals surface area (Å²) < 4.78 is 1.02. The van der Waals surface area contributed by atoms with Gasteiger partial charge in [0.25, 0.3) is 5.91 Å². The molecule has 2 nitrogen and oxygen atoms in total. The van der Waals surface area contributed by atoms with E-state index in [0.29, 0.717) is 11.4 Å². The van der Waals surface area contributed by atoms with Crippen LogP contribution in [0.25, 0.3) is 0 Å². The number of halogens is 2. The van der Waals surface area contributed by atoms with Crippen molar-refractivity contribution in [2.24, 2.45) is 0 Å². The molecule has 0 heterocycles. The highest BCUT2D eigenvalue weighted by Gasteiger charge is 2.11. The zero-order chi connectivity index (χ0) is 14.5. The Labute approximate surface area is 132 Å². The molecule has 2 aromatic rings. The van der Waals surface area contributed by atoms with Crippen LogP contribution in [0.3, 0.4) is 0 Å². The Kier molecular flexibility index (Phi) is 5.21. The van der Waals surface area contributed by atoms with Gasteiger partial charge in [-0.2, -0.15) is 0 Å². The second kappa shape index (κ2) is 6.91. The summed E-state index contributed by atoms with van der Waals surface area (Å²) in [7, 11) is 0. The lowest BCUT2D eigenvalue weighted by Crippen LogP contribution is -2.26. The Morgan fingerprint density at radius 3 is 2.60 bits per heavy atom. The summed E-state index contributed by atoms with van der Waals surface area (Å²) in [5.41, 5.74) is 2.64.